The van der Waals surface area contributed by atoms with E-state index in [1.165, 1.54) is 16.7 Å². The zero-order valence-corrected chi connectivity index (χ0v) is 9.82. The average Bonchev–Trinajstić information content (AvgIpc) is 2.31. The van der Waals surface area contributed by atoms with Crippen LogP contribution in [0.3, 0.4) is 0 Å². The van der Waals surface area contributed by atoms with Crippen LogP contribution in [-0.4, -0.2) is 0 Å². The molecule has 0 unspecified atom stereocenters. The van der Waals surface area contributed by atoms with Gasteiger partial charge in [0.1, 0.15) is 0 Å². The predicted molar refractivity (Wildman–Crippen MR) is 70.1 cm³/mol. The summed E-state index contributed by atoms with van der Waals surface area (Å²) in [6, 6.07) is 19.5. The normalized spacial score (nSPS) is 9.56. The Hall–Kier alpha value is -1.60. The first-order valence-corrected chi connectivity index (χ1v) is 5.50. The average molecular weight is 213 g/mol. The minimum absolute atomic E-state index is 0. The van der Waals surface area contributed by atoms with Crippen molar-refractivity contribution in [3.05, 3.63) is 71.3 Å². The summed E-state index contributed by atoms with van der Waals surface area (Å²) in [5.74, 6) is 0. The fourth-order valence-electron chi connectivity index (χ4n) is 1.79. The second kappa shape index (κ2) is 6.09. The molecular weight excluding hydrogens is 194 g/mol. The first-order valence-electron chi connectivity index (χ1n) is 5.50. The van der Waals surface area contributed by atoms with Gasteiger partial charge in [0.15, 0.2) is 0 Å². The van der Waals surface area contributed by atoms with E-state index in [9.17, 15) is 0 Å². The molecule has 0 bridgehead atoms. The number of hydrogen-bond acceptors (Lipinski definition) is 1. The maximum absolute atomic E-state index is 2.30. The number of benzene rings is 2. The molecule has 1 heteroatoms. The molecule has 2 aromatic rings. The molecule has 0 radical (unpaired) electrons. The van der Waals surface area contributed by atoms with E-state index in [1.807, 2.05) is 0 Å². The van der Waals surface area contributed by atoms with Gasteiger partial charge in [0.2, 0.25) is 0 Å². The van der Waals surface area contributed by atoms with Crippen molar-refractivity contribution in [2.75, 3.05) is 0 Å². The van der Waals surface area contributed by atoms with Gasteiger partial charge in [-0.05, 0) is 29.5 Å². The zero-order valence-electron chi connectivity index (χ0n) is 9.82. The van der Waals surface area contributed by atoms with Gasteiger partial charge in [0.05, 0.1) is 0 Å². The summed E-state index contributed by atoms with van der Waals surface area (Å²) in [6.45, 7) is 2.20. The van der Waals surface area contributed by atoms with E-state index >= 15 is 0 Å². The van der Waals surface area contributed by atoms with Crippen molar-refractivity contribution in [1.29, 1.82) is 0 Å². The van der Waals surface area contributed by atoms with Gasteiger partial charge in [-0.25, -0.2) is 0 Å². The Morgan fingerprint density at radius 2 is 1.38 bits per heavy atom. The second-order valence-electron chi connectivity index (χ2n) is 3.84. The summed E-state index contributed by atoms with van der Waals surface area (Å²) in [5.41, 5.74) is 4.20. The van der Waals surface area contributed by atoms with Crippen molar-refractivity contribution in [1.82, 2.24) is 6.15 Å². The van der Waals surface area contributed by atoms with Crippen LogP contribution in [-0.2, 0) is 12.8 Å². The van der Waals surface area contributed by atoms with E-state index in [4.69, 9.17) is 0 Å². The molecule has 2 rings (SSSR count). The van der Waals surface area contributed by atoms with Crippen molar-refractivity contribution in [3.63, 3.8) is 0 Å². The summed E-state index contributed by atoms with van der Waals surface area (Å²) in [6.07, 6.45) is 2.15. The smallest absolute Gasteiger partial charge is 0.00257 e. The summed E-state index contributed by atoms with van der Waals surface area (Å²) < 4.78 is 0. The SMILES string of the molecule is CCc1cccc(Cc2ccccc2)c1.N. The first-order chi connectivity index (χ1) is 7.38. The topological polar surface area (TPSA) is 35.0 Å². The van der Waals surface area contributed by atoms with Crippen LogP contribution in [0.1, 0.15) is 23.6 Å². The second-order valence-corrected chi connectivity index (χ2v) is 3.84. The largest absolute Gasteiger partial charge is 0.344 e. The van der Waals surface area contributed by atoms with Crippen LogP contribution >= 0.6 is 0 Å². The van der Waals surface area contributed by atoms with Gasteiger partial charge in [0, 0.05) is 0 Å². The molecule has 0 aliphatic carbocycles. The zero-order chi connectivity index (χ0) is 10.5. The molecule has 0 aliphatic rings. The number of aryl methyl sites for hydroxylation is 1. The lowest BCUT2D eigenvalue weighted by Gasteiger charge is -2.03. The molecule has 0 saturated heterocycles. The number of hydrogen-bond donors (Lipinski definition) is 1. The molecule has 0 atom stereocenters. The van der Waals surface area contributed by atoms with E-state index in [-0.39, 0.29) is 6.15 Å². The predicted octanol–water partition coefficient (Wildman–Crippen LogP) is 4.00. The van der Waals surface area contributed by atoms with E-state index in [0.717, 1.165) is 12.8 Å². The highest BCUT2D eigenvalue weighted by atomic mass is 14.0. The molecular formula is C15H19N. The molecule has 3 N–H and O–H groups in total. The Morgan fingerprint density at radius 3 is 2.06 bits per heavy atom. The fraction of sp³-hybridized carbons (Fsp3) is 0.200. The fourth-order valence-corrected chi connectivity index (χ4v) is 1.79. The first kappa shape index (κ1) is 12.5. The van der Waals surface area contributed by atoms with Crippen LogP contribution in [0.15, 0.2) is 54.6 Å². The van der Waals surface area contributed by atoms with Crippen molar-refractivity contribution in [2.24, 2.45) is 0 Å². The molecule has 1 nitrogen and oxygen atoms in total. The highest BCUT2D eigenvalue weighted by molar-refractivity contribution is 5.29. The van der Waals surface area contributed by atoms with Crippen LogP contribution in [0.5, 0.6) is 0 Å². The standard InChI is InChI=1S/C15H16.H3N/c1-2-13-9-6-10-15(11-13)12-14-7-4-3-5-8-14;/h3-11H,2,12H2,1H3;1H3. The van der Waals surface area contributed by atoms with Crippen molar-refractivity contribution >= 4 is 0 Å². The Bertz CT molecular complexity index is 420. The molecule has 0 amide bonds. The highest BCUT2D eigenvalue weighted by Crippen LogP contribution is 2.11. The third-order valence-electron chi connectivity index (χ3n) is 2.65. The van der Waals surface area contributed by atoms with Gasteiger partial charge in [-0.2, -0.15) is 0 Å². The Kier molecular flexibility index (Phi) is 4.74. The lowest BCUT2D eigenvalue weighted by atomic mass is 10.0. The van der Waals surface area contributed by atoms with Crippen LogP contribution in [0, 0.1) is 0 Å². The Balaban J connectivity index is 0.00000128. The van der Waals surface area contributed by atoms with E-state index < -0.39 is 0 Å². The lowest BCUT2D eigenvalue weighted by molar-refractivity contribution is 1.11. The van der Waals surface area contributed by atoms with Gasteiger partial charge in [-0.15, -0.1) is 0 Å². The summed E-state index contributed by atoms with van der Waals surface area (Å²) in [4.78, 5) is 0. The molecule has 84 valence electrons. The monoisotopic (exact) mass is 213 g/mol. The van der Waals surface area contributed by atoms with Gasteiger partial charge in [0.25, 0.3) is 0 Å². The van der Waals surface area contributed by atoms with E-state index in [1.54, 1.807) is 0 Å². The third-order valence-corrected chi connectivity index (χ3v) is 2.65. The number of rotatable bonds is 3. The summed E-state index contributed by atoms with van der Waals surface area (Å²) in [5, 5.41) is 0. The van der Waals surface area contributed by atoms with E-state index in [0.29, 0.717) is 0 Å². The van der Waals surface area contributed by atoms with Crippen molar-refractivity contribution < 1.29 is 0 Å². The van der Waals surface area contributed by atoms with Crippen LogP contribution in [0.25, 0.3) is 0 Å². The van der Waals surface area contributed by atoms with E-state index in [2.05, 4.69) is 61.5 Å². The van der Waals surface area contributed by atoms with Crippen LogP contribution in [0.2, 0.25) is 0 Å². The van der Waals surface area contributed by atoms with Gasteiger partial charge in [-0.1, -0.05) is 61.5 Å². The molecule has 16 heavy (non-hydrogen) atoms. The minimum Gasteiger partial charge on any atom is -0.344 e. The van der Waals surface area contributed by atoms with Crippen molar-refractivity contribution in [3.8, 4) is 0 Å². The Morgan fingerprint density at radius 1 is 0.750 bits per heavy atom. The molecule has 2 aromatic carbocycles. The highest BCUT2D eigenvalue weighted by Gasteiger charge is 1.96. The summed E-state index contributed by atoms with van der Waals surface area (Å²) >= 11 is 0. The quantitative estimate of drug-likeness (QED) is 0.821. The molecule has 0 spiro atoms. The summed E-state index contributed by atoms with van der Waals surface area (Å²) in [7, 11) is 0. The lowest BCUT2D eigenvalue weighted by Crippen LogP contribution is -1.89. The molecule has 0 heterocycles. The van der Waals surface area contributed by atoms with Gasteiger partial charge in [-0.3, -0.25) is 0 Å². The molecule has 0 fully saturated rings. The maximum atomic E-state index is 2.30. The van der Waals surface area contributed by atoms with Crippen molar-refractivity contribution in [2.45, 2.75) is 19.8 Å². The Labute approximate surface area is 97.7 Å². The molecule has 0 aromatic heterocycles. The molecule has 0 aliphatic heterocycles. The molecule has 0 saturated carbocycles. The van der Waals surface area contributed by atoms with Gasteiger partial charge < -0.3 is 6.15 Å². The minimum atomic E-state index is 0. The maximum Gasteiger partial charge on any atom is -0.00257 e. The van der Waals surface area contributed by atoms with Crippen LogP contribution in [0.4, 0.5) is 0 Å². The third kappa shape index (κ3) is 3.21. The van der Waals surface area contributed by atoms with Gasteiger partial charge >= 0.3 is 0 Å². The van der Waals surface area contributed by atoms with Crippen LogP contribution < -0.4 is 6.15 Å².